The van der Waals surface area contributed by atoms with Gasteiger partial charge < -0.3 is 14.8 Å². The van der Waals surface area contributed by atoms with E-state index in [0.717, 1.165) is 67.0 Å². The summed E-state index contributed by atoms with van der Waals surface area (Å²) in [6.45, 7) is 3.42. The maximum Gasteiger partial charge on any atom is 0.188 e. The Morgan fingerprint density at radius 3 is 2.81 bits per heavy atom. The summed E-state index contributed by atoms with van der Waals surface area (Å²) in [5.41, 5.74) is 4.44. The molecule has 2 unspecified atom stereocenters. The van der Waals surface area contributed by atoms with Gasteiger partial charge in [-0.3, -0.25) is 10.1 Å². The van der Waals surface area contributed by atoms with Crippen LogP contribution < -0.4 is 4.90 Å². The van der Waals surface area contributed by atoms with Crippen molar-refractivity contribution in [1.29, 1.82) is 0 Å². The molecule has 2 atom stereocenters. The van der Waals surface area contributed by atoms with Gasteiger partial charge in [-0.2, -0.15) is 5.10 Å². The van der Waals surface area contributed by atoms with Gasteiger partial charge in [0.1, 0.15) is 16.2 Å². The number of anilines is 1. The topological polar surface area (TPSA) is 103 Å². The summed E-state index contributed by atoms with van der Waals surface area (Å²) in [6.07, 6.45) is 9.47. The Hall–Kier alpha value is -2.89. The number of rotatable bonds is 4. The van der Waals surface area contributed by atoms with Crippen LogP contribution in [0.25, 0.3) is 42.5 Å². The predicted molar refractivity (Wildman–Crippen MR) is 129 cm³/mol. The number of aromatic amines is 2. The molecule has 9 nitrogen and oxygen atoms in total. The molecule has 0 saturated carbocycles. The summed E-state index contributed by atoms with van der Waals surface area (Å²) < 4.78 is 0. The minimum atomic E-state index is 0.516. The summed E-state index contributed by atoms with van der Waals surface area (Å²) in [5, 5.41) is 8.79. The van der Waals surface area contributed by atoms with Crippen molar-refractivity contribution in [3.8, 4) is 21.8 Å². The van der Waals surface area contributed by atoms with Crippen molar-refractivity contribution in [2.45, 2.75) is 31.8 Å². The summed E-state index contributed by atoms with van der Waals surface area (Å²) in [7, 11) is 4.37. The predicted octanol–water partition coefficient (Wildman–Crippen LogP) is 4.00. The Morgan fingerprint density at radius 1 is 1.16 bits per heavy atom. The molecule has 5 aromatic heterocycles. The smallest absolute Gasteiger partial charge is 0.188 e. The number of piperidine rings is 1. The Kier molecular flexibility index (Phi) is 4.70. The molecule has 1 aliphatic heterocycles. The van der Waals surface area contributed by atoms with Crippen LogP contribution in [0.2, 0.25) is 0 Å². The zero-order valence-electron chi connectivity index (χ0n) is 18.0. The number of pyridine rings is 1. The summed E-state index contributed by atoms with van der Waals surface area (Å²) in [6, 6.07) is 1.11. The van der Waals surface area contributed by atoms with E-state index >= 15 is 0 Å². The SMILES string of the molecule is CC1CC(N(C)c2nc3sc(-c4ncc(-c5cn[nH]c5)c5nc[nH]c45)nc3s2)CCN1C. The molecule has 1 fully saturated rings. The molecular weight excluding hydrogens is 442 g/mol. The number of hydrogen-bond acceptors (Lipinski definition) is 9. The van der Waals surface area contributed by atoms with Crippen molar-refractivity contribution in [2.75, 3.05) is 25.5 Å². The van der Waals surface area contributed by atoms with Crippen molar-refractivity contribution in [1.82, 2.24) is 40.0 Å². The van der Waals surface area contributed by atoms with Crippen molar-refractivity contribution in [3.63, 3.8) is 0 Å². The summed E-state index contributed by atoms with van der Waals surface area (Å²) >= 11 is 3.24. The second-order valence-electron chi connectivity index (χ2n) is 8.38. The Bertz CT molecular complexity index is 1350. The van der Waals surface area contributed by atoms with Crippen LogP contribution in [0.4, 0.5) is 5.13 Å². The van der Waals surface area contributed by atoms with Crippen LogP contribution in [0.15, 0.2) is 24.9 Å². The van der Waals surface area contributed by atoms with E-state index in [9.17, 15) is 0 Å². The van der Waals surface area contributed by atoms with Crippen LogP contribution in [-0.2, 0) is 0 Å². The molecular formula is C21H23N9S2. The highest BCUT2D eigenvalue weighted by Crippen LogP contribution is 2.39. The van der Waals surface area contributed by atoms with Crippen molar-refractivity contribution >= 4 is 48.5 Å². The van der Waals surface area contributed by atoms with Gasteiger partial charge >= 0.3 is 0 Å². The maximum atomic E-state index is 4.92. The Morgan fingerprint density at radius 2 is 2.03 bits per heavy atom. The van der Waals surface area contributed by atoms with Gasteiger partial charge in [-0.15, -0.1) is 0 Å². The number of nitrogens with one attached hydrogen (secondary N) is 2. The first-order valence-electron chi connectivity index (χ1n) is 10.6. The number of aromatic nitrogens is 7. The monoisotopic (exact) mass is 465 g/mol. The fraction of sp³-hybridized carbons (Fsp3) is 0.381. The molecule has 0 amide bonds. The third-order valence-electron chi connectivity index (χ3n) is 6.46. The second kappa shape index (κ2) is 7.61. The third kappa shape index (κ3) is 3.19. The normalized spacial score (nSPS) is 19.8. The molecule has 6 heterocycles. The van der Waals surface area contributed by atoms with Crippen LogP contribution in [0.1, 0.15) is 19.8 Å². The standard InChI is InChI=1S/C21H23N9S2/c1-11-6-13(4-5-29(11)2)30(3)21-28-20-19(32-21)27-18(31-20)17-16-15(23-10-24-16)14(9-22-17)12-7-25-26-8-12/h7-11,13H,4-6H2,1-3H3,(H,23,24)(H,25,26). The van der Waals surface area contributed by atoms with Crippen LogP contribution in [0, 0.1) is 0 Å². The van der Waals surface area contributed by atoms with E-state index in [-0.39, 0.29) is 0 Å². The molecule has 32 heavy (non-hydrogen) atoms. The van der Waals surface area contributed by atoms with Crippen molar-refractivity contribution in [2.24, 2.45) is 0 Å². The molecule has 0 aliphatic carbocycles. The van der Waals surface area contributed by atoms with E-state index in [1.54, 1.807) is 35.2 Å². The average Bonchev–Trinajstić information content (AvgIpc) is 3.57. The molecule has 0 spiro atoms. The number of hydrogen-bond donors (Lipinski definition) is 2. The first kappa shape index (κ1) is 19.8. The number of thiazole rings is 2. The largest absolute Gasteiger partial charge is 0.348 e. The van der Waals surface area contributed by atoms with Gasteiger partial charge in [0.2, 0.25) is 0 Å². The fourth-order valence-corrected chi connectivity index (χ4v) is 6.44. The van der Waals surface area contributed by atoms with E-state index in [1.807, 2.05) is 12.4 Å². The molecule has 11 heteroatoms. The lowest BCUT2D eigenvalue weighted by Gasteiger charge is -2.39. The molecule has 0 bridgehead atoms. The van der Waals surface area contributed by atoms with E-state index in [4.69, 9.17) is 15.0 Å². The fourth-order valence-electron chi connectivity index (χ4n) is 4.36. The molecule has 0 aromatic carbocycles. The molecule has 5 aromatic rings. The van der Waals surface area contributed by atoms with E-state index in [2.05, 4.69) is 51.0 Å². The summed E-state index contributed by atoms with van der Waals surface area (Å²) in [4.78, 5) is 29.0. The number of fused-ring (bicyclic) bond motifs is 2. The number of imidazole rings is 1. The highest BCUT2D eigenvalue weighted by Gasteiger charge is 2.28. The molecule has 0 radical (unpaired) electrons. The van der Waals surface area contributed by atoms with Gasteiger partial charge in [0.15, 0.2) is 14.8 Å². The van der Waals surface area contributed by atoms with Crippen molar-refractivity contribution in [3.05, 3.63) is 24.9 Å². The van der Waals surface area contributed by atoms with Gasteiger partial charge in [0.25, 0.3) is 0 Å². The molecule has 1 aliphatic rings. The molecule has 164 valence electrons. The van der Waals surface area contributed by atoms with Gasteiger partial charge in [0, 0.05) is 49.2 Å². The van der Waals surface area contributed by atoms with Gasteiger partial charge in [-0.1, -0.05) is 22.7 Å². The van der Waals surface area contributed by atoms with E-state index in [0.29, 0.717) is 12.1 Å². The van der Waals surface area contributed by atoms with Gasteiger partial charge in [-0.25, -0.2) is 15.0 Å². The Balaban J connectivity index is 1.32. The zero-order chi connectivity index (χ0) is 21.8. The lowest BCUT2D eigenvalue weighted by atomic mass is 9.98. The zero-order valence-corrected chi connectivity index (χ0v) is 19.7. The molecule has 1 saturated heterocycles. The Labute approximate surface area is 192 Å². The minimum Gasteiger partial charge on any atom is -0.348 e. The van der Waals surface area contributed by atoms with Gasteiger partial charge in [-0.05, 0) is 26.8 Å². The van der Waals surface area contributed by atoms with Gasteiger partial charge in [0.05, 0.1) is 18.0 Å². The minimum absolute atomic E-state index is 0.516. The summed E-state index contributed by atoms with van der Waals surface area (Å²) in [5.74, 6) is 0. The van der Waals surface area contributed by atoms with E-state index in [1.165, 1.54) is 0 Å². The lowest BCUT2D eigenvalue weighted by Crippen LogP contribution is -2.46. The highest BCUT2D eigenvalue weighted by atomic mass is 32.1. The number of likely N-dealkylation sites (tertiary alicyclic amines) is 1. The van der Waals surface area contributed by atoms with Crippen LogP contribution in [0.5, 0.6) is 0 Å². The number of H-pyrrole nitrogens is 2. The first-order valence-corrected chi connectivity index (χ1v) is 12.2. The quantitative estimate of drug-likeness (QED) is 0.413. The number of nitrogens with zero attached hydrogens (tertiary/aromatic N) is 7. The maximum absolute atomic E-state index is 4.92. The first-order chi connectivity index (χ1) is 15.6. The highest BCUT2D eigenvalue weighted by molar-refractivity contribution is 7.29. The van der Waals surface area contributed by atoms with Crippen molar-refractivity contribution < 1.29 is 0 Å². The third-order valence-corrected chi connectivity index (χ3v) is 8.59. The van der Waals surface area contributed by atoms with Crippen LogP contribution in [-0.4, -0.2) is 72.7 Å². The second-order valence-corrected chi connectivity index (χ2v) is 10.3. The average molecular weight is 466 g/mol. The molecule has 2 N–H and O–H groups in total. The van der Waals surface area contributed by atoms with Crippen LogP contribution >= 0.6 is 22.7 Å². The molecule has 6 rings (SSSR count). The lowest BCUT2D eigenvalue weighted by molar-refractivity contribution is 0.181. The van der Waals surface area contributed by atoms with Crippen LogP contribution in [0.3, 0.4) is 0 Å². The van der Waals surface area contributed by atoms with E-state index < -0.39 is 0 Å².